The molecule has 1 aliphatic rings. The zero-order valence-electron chi connectivity index (χ0n) is 12.8. The van der Waals surface area contributed by atoms with Crippen LogP contribution >= 0.6 is 0 Å². The summed E-state index contributed by atoms with van der Waals surface area (Å²) >= 11 is 0. The molecule has 0 bridgehead atoms. The summed E-state index contributed by atoms with van der Waals surface area (Å²) in [6.07, 6.45) is 3.97. The minimum atomic E-state index is 0.0901. The van der Waals surface area contributed by atoms with Gasteiger partial charge in [-0.3, -0.25) is 0 Å². The van der Waals surface area contributed by atoms with Crippen LogP contribution in [0.2, 0.25) is 0 Å². The SMILES string of the molecule is CCC(N)c1cnc(N2CCc3ccccc3C2)c(C)c1. The predicted octanol–water partition coefficient (Wildman–Crippen LogP) is 3.36. The Bertz CT molecular complexity index is 636. The monoisotopic (exact) mass is 281 g/mol. The van der Waals surface area contributed by atoms with Crippen molar-refractivity contribution in [3.8, 4) is 0 Å². The van der Waals surface area contributed by atoms with E-state index in [2.05, 4.69) is 54.1 Å². The highest BCUT2D eigenvalue weighted by atomic mass is 15.2. The normalized spacial score (nSPS) is 15.7. The summed E-state index contributed by atoms with van der Waals surface area (Å²) in [5.41, 5.74) is 11.3. The van der Waals surface area contributed by atoms with E-state index in [1.807, 2.05) is 6.20 Å². The Balaban J connectivity index is 1.85. The molecule has 1 unspecified atom stereocenters. The van der Waals surface area contributed by atoms with Crippen molar-refractivity contribution < 1.29 is 0 Å². The summed E-state index contributed by atoms with van der Waals surface area (Å²) in [7, 11) is 0. The average Bonchev–Trinajstić information content (AvgIpc) is 2.53. The number of fused-ring (bicyclic) bond motifs is 1. The van der Waals surface area contributed by atoms with Crippen LogP contribution in [0.25, 0.3) is 0 Å². The molecule has 1 aromatic heterocycles. The number of pyridine rings is 1. The minimum absolute atomic E-state index is 0.0901. The molecule has 0 aliphatic carbocycles. The molecule has 3 nitrogen and oxygen atoms in total. The Morgan fingerprint density at radius 1 is 1.29 bits per heavy atom. The van der Waals surface area contributed by atoms with Gasteiger partial charge < -0.3 is 10.6 Å². The zero-order valence-corrected chi connectivity index (χ0v) is 12.8. The third-order valence-electron chi connectivity index (χ3n) is 4.37. The van der Waals surface area contributed by atoms with Gasteiger partial charge in [0.15, 0.2) is 0 Å². The van der Waals surface area contributed by atoms with Gasteiger partial charge in [0.2, 0.25) is 0 Å². The molecule has 21 heavy (non-hydrogen) atoms. The molecule has 110 valence electrons. The van der Waals surface area contributed by atoms with Gasteiger partial charge in [-0.05, 0) is 48.1 Å². The first-order valence-electron chi connectivity index (χ1n) is 7.73. The summed E-state index contributed by atoms with van der Waals surface area (Å²) < 4.78 is 0. The second kappa shape index (κ2) is 5.86. The van der Waals surface area contributed by atoms with Crippen LogP contribution in [0, 0.1) is 6.92 Å². The van der Waals surface area contributed by atoms with Gasteiger partial charge in [0.05, 0.1) is 0 Å². The fraction of sp³-hybridized carbons (Fsp3) is 0.389. The van der Waals surface area contributed by atoms with Gasteiger partial charge in [0.1, 0.15) is 5.82 Å². The van der Waals surface area contributed by atoms with E-state index < -0.39 is 0 Å². The number of benzene rings is 1. The third kappa shape index (κ3) is 2.79. The van der Waals surface area contributed by atoms with Crippen molar-refractivity contribution in [2.24, 2.45) is 5.73 Å². The predicted molar refractivity (Wildman–Crippen MR) is 87.4 cm³/mol. The first-order valence-corrected chi connectivity index (χ1v) is 7.73. The number of hydrogen-bond acceptors (Lipinski definition) is 3. The molecule has 3 heteroatoms. The van der Waals surface area contributed by atoms with Gasteiger partial charge >= 0.3 is 0 Å². The molecular weight excluding hydrogens is 258 g/mol. The van der Waals surface area contributed by atoms with E-state index in [4.69, 9.17) is 5.73 Å². The summed E-state index contributed by atoms with van der Waals surface area (Å²) in [5.74, 6) is 1.09. The fourth-order valence-electron chi connectivity index (χ4n) is 3.04. The Morgan fingerprint density at radius 3 is 2.76 bits per heavy atom. The number of hydrogen-bond donors (Lipinski definition) is 1. The Labute approximate surface area is 126 Å². The van der Waals surface area contributed by atoms with Gasteiger partial charge in [0.25, 0.3) is 0 Å². The lowest BCUT2D eigenvalue weighted by atomic mass is 9.99. The summed E-state index contributed by atoms with van der Waals surface area (Å²) in [5, 5.41) is 0. The molecular formula is C18H23N3. The number of nitrogens with zero attached hydrogens (tertiary/aromatic N) is 2. The smallest absolute Gasteiger partial charge is 0.131 e. The number of aryl methyl sites for hydroxylation is 1. The van der Waals surface area contributed by atoms with Gasteiger partial charge in [0, 0.05) is 25.3 Å². The van der Waals surface area contributed by atoms with Crippen LogP contribution in [0.1, 0.15) is 41.6 Å². The molecule has 0 radical (unpaired) electrons. The molecule has 2 heterocycles. The van der Waals surface area contributed by atoms with Crippen LogP contribution in [0.5, 0.6) is 0 Å². The molecule has 2 N–H and O–H groups in total. The lowest BCUT2D eigenvalue weighted by Gasteiger charge is -2.31. The average molecular weight is 281 g/mol. The molecule has 1 atom stereocenters. The Morgan fingerprint density at radius 2 is 2.05 bits per heavy atom. The van der Waals surface area contributed by atoms with Gasteiger partial charge in [-0.2, -0.15) is 0 Å². The van der Waals surface area contributed by atoms with Gasteiger partial charge in [-0.1, -0.05) is 31.2 Å². The summed E-state index contributed by atoms with van der Waals surface area (Å²) in [4.78, 5) is 7.06. The highest BCUT2D eigenvalue weighted by molar-refractivity contribution is 5.50. The Hall–Kier alpha value is -1.87. The van der Waals surface area contributed by atoms with E-state index in [1.54, 1.807) is 0 Å². The number of nitrogens with two attached hydrogens (primary N) is 1. The number of anilines is 1. The van der Waals surface area contributed by atoms with Crippen LogP contribution in [0.15, 0.2) is 36.5 Å². The highest BCUT2D eigenvalue weighted by Crippen LogP contribution is 2.27. The molecule has 0 amide bonds. The van der Waals surface area contributed by atoms with E-state index in [1.165, 1.54) is 16.7 Å². The summed E-state index contributed by atoms with van der Waals surface area (Å²) in [6.45, 7) is 6.22. The molecule has 0 fully saturated rings. The minimum Gasteiger partial charge on any atom is -0.352 e. The molecule has 0 spiro atoms. The fourth-order valence-corrected chi connectivity index (χ4v) is 3.04. The molecule has 1 aromatic carbocycles. The second-order valence-corrected chi connectivity index (χ2v) is 5.86. The van der Waals surface area contributed by atoms with Crippen molar-refractivity contribution in [2.75, 3.05) is 11.4 Å². The summed E-state index contributed by atoms with van der Waals surface area (Å²) in [6, 6.07) is 11.0. The largest absolute Gasteiger partial charge is 0.352 e. The maximum Gasteiger partial charge on any atom is 0.131 e. The van der Waals surface area contributed by atoms with E-state index in [0.29, 0.717) is 0 Å². The highest BCUT2D eigenvalue weighted by Gasteiger charge is 2.19. The first kappa shape index (κ1) is 14.1. The van der Waals surface area contributed by atoms with Crippen LogP contribution in [0.4, 0.5) is 5.82 Å². The lowest BCUT2D eigenvalue weighted by Crippen LogP contribution is -2.31. The van der Waals surface area contributed by atoms with Crippen LogP contribution in [-0.2, 0) is 13.0 Å². The standard InChI is InChI=1S/C18H23N3/c1-3-17(19)16-10-13(2)18(20-11-16)21-9-8-14-6-4-5-7-15(14)12-21/h4-7,10-11,17H,3,8-9,12,19H2,1-2H3. The van der Waals surface area contributed by atoms with Gasteiger partial charge in [-0.15, -0.1) is 0 Å². The van der Waals surface area contributed by atoms with Crippen molar-refractivity contribution in [1.29, 1.82) is 0 Å². The maximum absolute atomic E-state index is 6.10. The van der Waals surface area contributed by atoms with E-state index >= 15 is 0 Å². The molecule has 0 saturated heterocycles. The molecule has 1 aliphatic heterocycles. The number of rotatable bonds is 3. The van der Waals surface area contributed by atoms with Crippen LogP contribution < -0.4 is 10.6 Å². The van der Waals surface area contributed by atoms with Gasteiger partial charge in [-0.25, -0.2) is 4.98 Å². The second-order valence-electron chi connectivity index (χ2n) is 5.86. The lowest BCUT2D eigenvalue weighted by molar-refractivity contribution is 0.687. The van der Waals surface area contributed by atoms with E-state index in [0.717, 1.165) is 37.3 Å². The molecule has 0 saturated carbocycles. The van der Waals surface area contributed by atoms with Crippen LogP contribution in [0.3, 0.4) is 0 Å². The number of aromatic nitrogens is 1. The van der Waals surface area contributed by atoms with E-state index in [-0.39, 0.29) is 6.04 Å². The molecule has 3 rings (SSSR count). The quantitative estimate of drug-likeness (QED) is 0.938. The van der Waals surface area contributed by atoms with E-state index in [9.17, 15) is 0 Å². The third-order valence-corrected chi connectivity index (χ3v) is 4.37. The molecule has 2 aromatic rings. The van der Waals surface area contributed by atoms with Crippen molar-refractivity contribution >= 4 is 5.82 Å². The van der Waals surface area contributed by atoms with Crippen molar-refractivity contribution in [3.63, 3.8) is 0 Å². The zero-order chi connectivity index (χ0) is 14.8. The van der Waals surface area contributed by atoms with Crippen LogP contribution in [-0.4, -0.2) is 11.5 Å². The maximum atomic E-state index is 6.10. The van der Waals surface area contributed by atoms with Crippen molar-refractivity contribution in [3.05, 3.63) is 58.8 Å². The van der Waals surface area contributed by atoms with Crippen molar-refractivity contribution in [1.82, 2.24) is 4.98 Å². The van der Waals surface area contributed by atoms with Crippen molar-refractivity contribution in [2.45, 2.75) is 39.3 Å². The Kier molecular flexibility index (Phi) is 3.93. The topological polar surface area (TPSA) is 42.1 Å². The first-order chi connectivity index (χ1) is 10.2.